The second-order valence-electron chi connectivity index (χ2n) is 7.44. The lowest BCUT2D eigenvalue weighted by atomic mass is 9.70. The molecule has 1 aliphatic heterocycles. The molecular formula is C20H27NO2S. The van der Waals surface area contributed by atoms with Crippen molar-refractivity contribution in [1.82, 2.24) is 4.90 Å². The van der Waals surface area contributed by atoms with Crippen molar-refractivity contribution in [2.75, 3.05) is 26.8 Å². The number of aliphatic hydroxyl groups is 1. The van der Waals surface area contributed by atoms with Gasteiger partial charge >= 0.3 is 0 Å². The van der Waals surface area contributed by atoms with Crippen LogP contribution >= 0.6 is 11.3 Å². The molecule has 1 aromatic heterocycles. The first-order valence-corrected chi connectivity index (χ1v) is 9.33. The van der Waals surface area contributed by atoms with Crippen LogP contribution in [-0.2, 0) is 11.3 Å². The van der Waals surface area contributed by atoms with Crippen molar-refractivity contribution in [3.63, 3.8) is 0 Å². The monoisotopic (exact) mass is 345 g/mol. The average molecular weight is 346 g/mol. The minimum Gasteiger partial charge on any atom is -0.387 e. The lowest BCUT2D eigenvalue weighted by Crippen LogP contribution is -2.59. The molecule has 4 heteroatoms. The van der Waals surface area contributed by atoms with Gasteiger partial charge in [-0.2, -0.15) is 0 Å². The normalized spacial score (nSPS) is 24.2. The first-order chi connectivity index (χ1) is 11.4. The molecule has 1 aromatic carbocycles. The highest BCUT2D eigenvalue weighted by atomic mass is 32.1. The molecule has 1 atom stereocenters. The summed E-state index contributed by atoms with van der Waals surface area (Å²) in [5, 5.41) is 10.9. The highest BCUT2D eigenvalue weighted by Gasteiger charge is 2.47. The first-order valence-electron chi connectivity index (χ1n) is 8.51. The van der Waals surface area contributed by atoms with Gasteiger partial charge in [-0.25, -0.2) is 0 Å². The van der Waals surface area contributed by atoms with E-state index in [4.69, 9.17) is 4.74 Å². The van der Waals surface area contributed by atoms with Gasteiger partial charge in [0.15, 0.2) is 0 Å². The SMILES string of the molecule is COC[C@]1(O)CCN(Cc2ccc(-c3ccccc3)s2)CC1(C)C. The van der Waals surface area contributed by atoms with Gasteiger partial charge in [-0.1, -0.05) is 44.2 Å². The molecule has 1 aliphatic rings. The van der Waals surface area contributed by atoms with Crippen LogP contribution < -0.4 is 0 Å². The predicted octanol–water partition coefficient (Wildman–Crippen LogP) is 4.02. The third kappa shape index (κ3) is 3.57. The Morgan fingerprint density at radius 1 is 1.17 bits per heavy atom. The minimum absolute atomic E-state index is 0.180. The largest absolute Gasteiger partial charge is 0.387 e. The maximum absolute atomic E-state index is 10.9. The molecular weight excluding hydrogens is 318 g/mol. The second kappa shape index (κ2) is 6.96. The molecule has 1 N–H and O–H groups in total. The molecule has 3 rings (SSSR count). The van der Waals surface area contributed by atoms with Crippen molar-refractivity contribution in [2.45, 2.75) is 32.4 Å². The molecule has 2 heterocycles. The number of hydrogen-bond acceptors (Lipinski definition) is 4. The van der Waals surface area contributed by atoms with Crippen molar-refractivity contribution in [3.8, 4) is 10.4 Å². The van der Waals surface area contributed by atoms with Crippen molar-refractivity contribution in [2.24, 2.45) is 5.41 Å². The van der Waals surface area contributed by atoms with Crippen molar-refractivity contribution in [3.05, 3.63) is 47.3 Å². The number of rotatable bonds is 5. The molecule has 0 saturated carbocycles. The first kappa shape index (κ1) is 17.6. The fraction of sp³-hybridized carbons (Fsp3) is 0.500. The van der Waals surface area contributed by atoms with Gasteiger partial charge < -0.3 is 9.84 Å². The molecule has 0 radical (unpaired) electrons. The Balaban J connectivity index is 1.67. The summed E-state index contributed by atoms with van der Waals surface area (Å²) < 4.78 is 5.26. The molecule has 130 valence electrons. The van der Waals surface area contributed by atoms with Crippen molar-refractivity contribution in [1.29, 1.82) is 0 Å². The molecule has 3 nitrogen and oxygen atoms in total. The van der Waals surface area contributed by atoms with Gasteiger partial charge in [0, 0.05) is 41.9 Å². The van der Waals surface area contributed by atoms with Crippen LogP contribution in [-0.4, -0.2) is 42.4 Å². The fourth-order valence-electron chi connectivity index (χ4n) is 3.55. The fourth-order valence-corrected chi connectivity index (χ4v) is 4.60. The highest BCUT2D eigenvalue weighted by Crippen LogP contribution is 2.39. The number of nitrogens with zero attached hydrogens (tertiary/aromatic N) is 1. The summed E-state index contributed by atoms with van der Waals surface area (Å²) in [4.78, 5) is 5.14. The van der Waals surface area contributed by atoms with Gasteiger partial charge in [-0.05, 0) is 24.1 Å². The van der Waals surface area contributed by atoms with Gasteiger partial charge in [0.2, 0.25) is 0 Å². The highest BCUT2D eigenvalue weighted by molar-refractivity contribution is 7.15. The Morgan fingerprint density at radius 3 is 2.58 bits per heavy atom. The maximum atomic E-state index is 10.9. The average Bonchev–Trinajstić information content (AvgIpc) is 3.01. The Kier molecular flexibility index (Phi) is 5.11. The molecule has 2 aromatic rings. The van der Waals surface area contributed by atoms with Crippen LogP contribution in [0.5, 0.6) is 0 Å². The molecule has 0 amide bonds. The molecule has 1 saturated heterocycles. The van der Waals surface area contributed by atoms with E-state index in [1.807, 2.05) is 11.3 Å². The van der Waals surface area contributed by atoms with E-state index in [-0.39, 0.29) is 5.41 Å². The number of likely N-dealkylation sites (tertiary alicyclic amines) is 1. The van der Waals surface area contributed by atoms with E-state index in [9.17, 15) is 5.11 Å². The molecule has 0 unspecified atom stereocenters. The van der Waals surface area contributed by atoms with Gasteiger partial charge in [0.05, 0.1) is 12.2 Å². The summed E-state index contributed by atoms with van der Waals surface area (Å²) in [6.45, 7) is 7.42. The van der Waals surface area contributed by atoms with Crippen molar-refractivity contribution < 1.29 is 9.84 Å². The standard InChI is InChI=1S/C20H27NO2S/c1-19(2)14-21(12-11-20(19,22)15-23-3)13-17-9-10-18(24-17)16-7-5-4-6-8-16/h4-10,22H,11-15H2,1-3H3/t20-/m1/s1. The van der Waals surface area contributed by atoms with Crippen LogP contribution in [0.2, 0.25) is 0 Å². The van der Waals surface area contributed by atoms with Gasteiger partial charge in [-0.3, -0.25) is 4.90 Å². The molecule has 0 aliphatic carbocycles. The lowest BCUT2D eigenvalue weighted by molar-refractivity contribution is -0.151. The van der Waals surface area contributed by atoms with Gasteiger partial charge in [0.25, 0.3) is 0 Å². The maximum Gasteiger partial charge on any atom is 0.0954 e. The van der Waals surface area contributed by atoms with E-state index >= 15 is 0 Å². The zero-order valence-electron chi connectivity index (χ0n) is 14.8. The van der Waals surface area contributed by atoms with Crippen LogP contribution in [0.15, 0.2) is 42.5 Å². The summed E-state index contributed by atoms with van der Waals surface area (Å²) in [5.74, 6) is 0. The predicted molar refractivity (Wildman–Crippen MR) is 100 cm³/mol. The van der Waals surface area contributed by atoms with E-state index in [1.54, 1.807) is 7.11 Å². The zero-order valence-corrected chi connectivity index (χ0v) is 15.6. The van der Waals surface area contributed by atoms with E-state index in [0.717, 1.165) is 26.1 Å². The Bertz CT molecular complexity index is 667. The van der Waals surface area contributed by atoms with Crippen LogP contribution in [0, 0.1) is 5.41 Å². The summed E-state index contributed by atoms with van der Waals surface area (Å²) in [6.07, 6.45) is 0.755. The second-order valence-corrected chi connectivity index (χ2v) is 8.61. The number of thiophene rings is 1. The Morgan fingerprint density at radius 2 is 1.92 bits per heavy atom. The number of methoxy groups -OCH3 is 1. The van der Waals surface area contributed by atoms with E-state index in [2.05, 4.69) is 61.2 Å². The minimum atomic E-state index is -0.733. The van der Waals surface area contributed by atoms with E-state index in [1.165, 1.54) is 15.3 Å². The molecule has 0 spiro atoms. The smallest absolute Gasteiger partial charge is 0.0954 e. The quantitative estimate of drug-likeness (QED) is 0.888. The number of hydrogen-bond donors (Lipinski definition) is 1. The van der Waals surface area contributed by atoms with Crippen LogP contribution in [0.1, 0.15) is 25.1 Å². The Hall–Kier alpha value is -1.20. The van der Waals surface area contributed by atoms with Crippen molar-refractivity contribution >= 4 is 11.3 Å². The third-order valence-corrected chi connectivity index (χ3v) is 6.32. The van der Waals surface area contributed by atoms with E-state index < -0.39 is 5.60 Å². The molecule has 0 bridgehead atoms. The van der Waals surface area contributed by atoms with Crippen LogP contribution in [0.4, 0.5) is 0 Å². The summed E-state index contributed by atoms with van der Waals surface area (Å²) in [5.41, 5.74) is 0.367. The summed E-state index contributed by atoms with van der Waals surface area (Å²) >= 11 is 1.86. The summed E-state index contributed by atoms with van der Waals surface area (Å²) in [6, 6.07) is 15.0. The number of benzene rings is 1. The molecule has 1 fully saturated rings. The number of ether oxygens (including phenoxy) is 1. The third-order valence-electron chi connectivity index (χ3n) is 5.20. The Labute approximate surface area is 148 Å². The zero-order chi connectivity index (χ0) is 17.2. The topological polar surface area (TPSA) is 32.7 Å². The van der Waals surface area contributed by atoms with Crippen LogP contribution in [0.25, 0.3) is 10.4 Å². The number of piperidine rings is 1. The van der Waals surface area contributed by atoms with Gasteiger partial charge in [-0.15, -0.1) is 11.3 Å². The molecule has 24 heavy (non-hydrogen) atoms. The lowest BCUT2D eigenvalue weighted by Gasteiger charge is -2.50. The van der Waals surface area contributed by atoms with E-state index in [0.29, 0.717) is 6.61 Å². The van der Waals surface area contributed by atoms with Gasteiger partial charge in [0.1, 0.15) is 0 Å². The summed E-state index contributed by atoms with van der Waals surface area (Å²) in [7, 11) is 1.66. The van der Waals surface area contributed by atoms with Crippen LogP contribution in [0.3, 0.4) is 0 Å².